The second-order valence-electron chi connectivity index (χ2n) is 4.82. The van der Waals surface area contributed by atoms with Gasteiger partial charge < -0.3 is 5.73 Å². The third-order valence-electron chi connectivity index (χ3n) is 3.53. The van der Waals surface area contributed by atoms with E-state index in [9.17, 15) is 0 Å². The molecular weight excluding hydrogens is 176 g/mol. The molecule has 1 saturated heterocycles. The summed E-state index contributed by atoms with van der Waals surface area (Å²) in [5, 5.41) is 4.14. The quantitative estimate of drug-likeness (QED) is 0.746. The molecule has 1 aromatic heterocycles. The largest absolute Gasteiger partial charge is 0.384 e. The predicted molar refractivity (Wildman–Crippen MR) is 54.6 cm³/mol. The van der Waals surface area contributed by atoms with E-state index in [0.29, 0.717) is 0 Å². The van der Waals surface area contributed by atoms with Gasteiger partial charge in [0.05, 0.1) is 6.20 Å². The molecule has 76 valence electrons. The van der Waals surface area contributed by atoms with Crippen LogP contribution in [0.5, 0.6) is 0 Å². The highest BCUT2D eigenvalue weighted by Crippen LogP contribution is 2.53. The number of hydrogen-bond donors (Lipinski definition) is 1. The fourth-order valence-electron chi connectivity index (χ4n) is 2.36. The summed E-state index contributed by atoms with van der Waals surface area (Å²) in [4.78, 5) is 2.46. The Morgan fingerprint density at radius 1 is 1.50 bits per heavy atom. The standard InChI is InChI=1S/C10H16N4/c1-13-9(11)8(4-12-13)5-14-6-10(7-14)2-3-10/h4H,2-3,5-7,11H2,1H3. The van der Waals surface area contributed by atoms with E-state index in [1.54, 1.807) is 4.68 Å². The summed E-state index contributed by atoms with van der Waals surface area (Å²) >= 11 is 0. The Morgan fingerprint density at radius 3 is 2.71 bits per heavy atom. The van der Waals surface area contributed by atoms with Crippen molar-refractivity contribution < 1.29 is 0 Å². The first-order chi connectivity index (χ1) is 6.69. The molecule has 2 aliphatic rings. The van der Waals surface area contributed by atoms with Crippen molar-refractivity contribution in [3.05, 3.63) is 11.8 Å². The zero-order chi connectivity index (χ0) is 9.76. The Bertz CT molecular complexity index is 356. The molecule has 0 aromatic carbocycles. The van der Waals surface area contributed by atoms with E-state index in [4.69, 9.17) is 5.73 Å². The average molecular weight is 192 g/mol. The molecule has 1 spiro atoms. The molecule has 0 atom stereocenters. The fourth-order valence-corrected chi connectivity index (χ4v) is 2.36. The first-order valence-electron chi connectivity index (χ1n) is 5.17. The number of nitrogens with zero attached hydrogens (tertiary/aromatic N) is 3. The van der Waals surface area contributed by atoms with Gasteiger partial charge in [0, 0.05) is 32.2 Å². The molecule has 1 aromatic rings. The van der Waals surface area contributed by atoms with Crippen LogP contribution in [0.3, 0.4) is 0 Å². The van der Waals surface area contributed by atoms with E-state index >= 15 is 0 Å². The van der Waals surface area contributed by atoms with Crippen molar-refractivity contribution in [1.82, 2.24) is 14.7 Å². The van der Waals surface area contributed by atoms with Crippen LogP contribution in [0.2, 0.25) is 0 Å². The molecule has 3 rings (SSSR count). The second-order valence-corrected chi connectivity index (χ2v) is 4.82. The second kappa shape index (κ2) is 2.51. The van der Waals surface area contributed by atoms with Gasteiger partial charge >= 0.3 is 0 Å². The van der Waals surface area contributed by atoms with Crippen LogP contribution in [0.4, 0.5) is 5.82 Å². The highest BCUT2D eigenvalue weighted by Gasteiger charge is 2.51. The van der Waals surface area contributed by atoms with Gasteiger partial charge in [-0.3, -0.25) is 9.58 Å². The summed E-state index contributed by atoms with van der Waals surface area (Å²) in [5.74, 6) is 0.807. The molecule has 0 radical (unpaired) electrons. The van der Waals surface area contributed by atoms with Crippen LogP contribution in [0.1, 0.15) is 18.4 Å². The van der Waals surface area contributed by atoms with Crippen molar-refractivity contribution in [1.29, 1.82) is 0 Å². The van der Waals surface area contributed by atoms with Gasteiger partial charge in [0.25, 0.3) is 0 Å². The van der Waals surface area contributed by atoms with Crippen molar-refractivity contribution in [3.8, 4) is 0 Å². The number of aromatic nitrogens is 2. The molecule has 1 aliphatic carbocycles. The molecule has 1 saturated carbocycles. The highest BCUT2D eigenvalue weighted by molar-refractivity contribution is 5.38. The van der Waals surface area contributed by atoms with Crippen LogP contribution in [0, 0.1) is 5.41 Å². The maximum atomic E-state index is 5.89. The minimum Gasteiger partial charge on any atom is -0.384 e. The number of likely N-dealkylation sites (tertiary alicyclic amines) is 1. The van der Waals surface area contributed by atoms with E-state index in [2.05, 4.69) is 10.00 Å². The third kappa shape index (κ3) is 1.14. The lowest BCUT2D eigenvalue weighted by molar-refractivity contribution is 0.0741. The molecule has 2 heterocycles. The number of nitrogens with two attached hydrogens (primary N) is 1. The number of anilines is 1. The van der Waals surface area contributed by atoms with Crippen LogP contribution in [0.25, 0.3) is 0 Å². The lowest BCUT2D eigenvalue weighted by Crippen LogP contribution is -2.47. The minimum atomic E-state index is 0.733. The molecule has 2 fully saturated rings. The molecule has 4 nitrogen and oxygen atoms in total. The summed E-state index contributed by atoms with van der Waals surface area (Å²) in [6.07, 6.45) is 4.76. The predicted octanol–water partition coefficient (Wildman–Crippen LogP) is 0.598. The molecule has 14 heavy (non-hydrogen) atoms. The van der Waals surface area contributed by atoms with Crippen molar-refractivity contribution >= 4 is 5.82 Å². The van der Waals surface area contributed by atoms with Crippen LogP contribution < -0.4 is 5.73 Å². The van der Waals surface area contributed by atoms with Crippen LogP contribution >= 0.6 is 0 Å². The summed E-state index contributed by atoms with van der Waals surface area (Å²) in [7, 11) is 1.89. The van der Waals surface area contributed by atoms with Gasteiger partial charge in [-0.1, -0.05) is 0 Å². The van der Waals surface area contributed by atoms with E-state index in [1.165, 1.54) is 31.5 Å². The first-order valence-corrected chi connectivity index (χ1v) is 5.17. The highest BCUT2D eigenvalue weighted by atomic mass is 15.3. The number of rotatable bonds is 2. The molecule has 2 N–H and O–H groups in total. The maximum Gasteiger partial charge on any atom is 0.125 e. The summed E-state index contributed by atoms with van der Waals surface area (Å²) in [6.45, 7) is 3.50. The minimum absolute atomic E-state index is 0.733. The molecule has 1 aliphatic heterocycles. The zero-order valence-electron chi connectivity index (χ0n) is 8.53. The zero-order valence-corrected chi connectivity index (χ0v) is 8.53. The van der Waals surface area contributed by atoms with E-state index in [1.807, 2.05) is 13.2 Å². The number of aryl methyl sites for hydroxylation is 1. The first kappa shape index (κ1) is 8.29. The molecule has 0 unspecified atom stereocenters. The Kier molecular flexibility index (Phi) is 1.49. The molecular formula is C10H16N4. The molecule has 0 amide bonds. The fraction of sp³-hybridized carbons (Fsp3) is 0.700. The van der Waals surface area contributed by atoms with Gasteiger partial charge in [0.15, 0.2) is 0 Å². The lowest BCUT2D eigenvalue weighted by atomic mass is 9.96. The summed E-state index contributed by atoms with van der Waals surface area (Å²) < 4.78 is 1.74. The van der Waals surface area contributed by atoms with Gasteiger partial charge in [-0.25, -0.2) is 0 Å². The van der Waals surface area contributed by atoms with Crippen molar-refractivity contribution in [2.45, 2.75) is 19.4 Å². The van der Waals surface area contributed by atoms with Gasteiger partial charge in [-0.2, -0.15) is 5.10 Å². The number of hydrogen-bond acceptors (Lipinski definition) is 3. The topological polar surface area (TPSA) is 47.1 Å². The Balaban J connectivity index is 1.65. The van der Waals surface area contributed by atoms with E-state index in [0.717, 1.165) is 17.8 Å². The lowest BCUT2D eigenvalue weighted by Gasteiger charge is -2.39. The van der Waals surface area contributed by atoms with Crippen molar-refractivity contribution in [2.75, 3.05) is 18.8 Å². The summed E-state index contributed by atoms with van der Waals surface area (Å²) in [6, 6.07) is 0. The third-order valence-corrected chi connectivity index (χ3v) is 3.53. The van der Waals surface area contributed by atoms with Crippen LogP contribution in [-0.4, -0.2) is 27.8 Å². The summed E-state index contributed by atoms with van der Waals surface area (Å²) in [5.41, 5.74) is 7.79. The Morgan fingerprint density at radius 2 is 2.21 bits per heavy atom. The van der Waals surface area contributed by atoms with Crippen LogP contribution in [-0.2, 0) is 13.6 Å². The normalized spacial score (nSPS) is 23.8. The number of nitrogen functional groups attached to an aromatic ring is 1. The monoisotopic (exact) mass is 192 g/mol. The van der Waals surface area contributed by atoms with Gasteiger partial charge in [0.1, 0.15) is 5.82 Å². The SMILES string of the molecule is Cn1ncc(CN2CC3(CC3)C2)c1N. The van der Waals surface area contributed by atoms with Crippen molar-refractivity contribution in [2.24, 2.45) is 12.5 Å². The maximum absolute atomic E-state index is 5.89. The molecule has 4 heteroatoms. The molecule has 0 bridgehead atoms. The van der Waals surface area contributed by atoms with Gasteiger partial charge in [0.2, 0.25) is 0 Å². The van der Waals surface area contributed by atoms with E-state index in [-0.39, 0.29) is 0 Å². The average Bonchev–Trinajstić information content (AvgIpc) is 2.83. The van der Waals surface area contributed by atoms with E-state index < -0.39 is 0 Å². The Labute approximate surface area is 83.7 Å². The smallest absolute Gasteiger partial charge is 0.125 e. The van der Waals surface area contributed by atoms with Gasteiger partial charge in [-0.15, -0.1) is 0 Å². The Hall–Kier alpha value is -1.03. The van der Waals surface area contributed by atoms with Crippen LogP contribution in [0.15, 0.2) is 6.20 Å². The van der Waals surface area contributed by atoms with Gasteiger partial charge in [-0.05, 0) is 18.3 Å². The van der Waals surface area contributed by atoms with Crippen molar-refractivity contribution in [3.63, 3.8) is 0 Å².